The molecule has 0 aliphatic heterocycles. The number of esters is 1. The quantitative estimate of drug-likeness (QED) is 0.0488. The average molecular weight is 1010 g/mol. The van der Waals surface area contributed by atoms with E-state index in [1.54, 1.807) is 51.4 Å². The second kappa shape index (κ2) is 32.8. The number of unbranched alkanes of at least 4 members (excludes halogenated alkanes) is 16. The third kappa shape index (κ3) is 19.1. The molecule has 0 N–H and O–H groups in total. The summed E-state index contributed by atoms with van der Waals surface area (Å²) in [6.45, 7) is 36.3. The number of aryl methyl sites for hydroxylation is 8. The third-order valence-corrected chi connectivity index (χ3v) is 16.7. The number of hydrogen-bond acceptors (Lipinski definition) is 2. The maximum absolute atomic E-state index is 10.6. The summed E-state index contributed by atoms with van der Waals surface area (Å²) in [5.74, 6) is 1.44. The first-order valence-electron chi connectivity index (χ1n) is 30.6. The van der Waals surface area contributed by atoms with Crippen LogP contribution in [0.3, 0.4) is 0 Å². The Hall–Kier alpha value is -3.65. The van der Waals surface area contributed by atoms with E-state index in [0.29, 0.717) is 30.1 Å². The first-order chi connectivity index (χ1) is 34.9. The highest BCUT2D eigenvalue weighted by Crippen LogP contribution is 2.46. The number of ether oxygens (including phenoxy) is 1. The molecule has 8 bridgehead atoms. The fraction of sp³-hybridized carbons (Fsp3) is 0.653. The first-order valence-corrected chi connectivity index (χ1v) is 30.6. The maximum atomic E-state index is 10.6. The van der Waals surface area contributed by atoms with Crippen LogP contribution in [0.15, 0.2) is 48.5 Å². The number of carbonyl (C=O) groups is 1. The van der Waals surface area contributed by atoms with Crippen LogP contribution in [0, 0.1) is 55.4 Å². The monoisotopic (exact) mass is 1010 g/mol. The van der Waals surface area contributed by atoms with E-state index in [1.165, 1.54) is 199 Å². The zero-order chi connectivity index (χ0) is 53.7. The lowest BCUT2D eigenvalue weighted by atomic mass is 9.73. The summed E-state index contributed by atoms with van der Waals surface area (Å²) in [6.07, 6.45) is 31.8. The summed E-state index contributed by atoms with van der Waals surface area (Å²) >= 11 is 0. The average Bonchev–Trinajstić information content (AvgIpc) is 3.33. The van der Waals surface area contributed by atoms with Crippen LogP contribution >= 0.6 is 0 Å². The van der Waals surface area contributed by atoms with E-state index in [0.717, 1.165) is 0 Å². The van der Waals surface area contributed by atoms with E-state index in [2.05, 4.69) is 132 Å². The van der Waals surface area contributed by atoms with Gasteiger partial charge in [0, 0.05) is 30.1 Å². The minimum absolute atomic E-state index is 0. The molecule has 1 aliphatic rings. The Bertz CT molecular complexity index is 1890. The Morgan fingerprint density at radius 1 is 0.338 bits per heavy atom. The highest BCUT2D eigenvalue weighted by atomic mass is 16.6. The van der Waals surface area contributed by atoms with Gasteiger partial charge in [-0.15, -0.1) is 0 Å². The van der Waals surface area contributed by atoms with E-state index < -0.39 is 0 Å². The Kier molecular flexibility index (Phi) is 28.7. The fourth-order valence-electron chi connectivity index (χ4n) is 12.7. The molecule has 4 aromatic rings. The second-order valence-corrected chi connectivity index (χ2v) is 24.2. The number of rotatable bonds is 25. The van der Waals surface area contributed by atoms with Crippen molar-refractivity contribution in [1.82, 2.24) is 0 Å². The normalized spacial score (nSPS) is 16.3. The molecule has 414 valence electrons. The molecule has 0 amide bonds. The first kappa shape index (κ1) is 64.6. The lowest BCUT2D eigenvalue weighted by Gasteiger charge is -2.32. The van der Waals surface area contributed by atoms with Crippen LogP contribution in [0.2, 0.25) is 0 Å². The molecule has 2 heteroatoms. The van der Waals surface area contributed by atoms with E-state index in [1.807, 2.05) is 20.8 Å². The topological polar surface area (TPSA) is 26.3 Å². The van der Waals surface area contributed by atoms with Gasteiger partial charge in [0.15, 0.2) is 0 Å². The molecule has 0 spiro atoms. The van der Waals surface area contributed by atoms with Gasteiger partial charge < -0.3 is 4.74 Å². The molecule has 0 aromatic heterocycles. The lowest BCUT2D eigenvalue weighted by Crippen LogP contribution is -2.23. The molecule has 0 atom stereocenters. The lowest BCUT2D eigenvalue weighted by molar-refractivity contribution is -0.154. The fourth-order valence-corrected chi connectivity index (χ4v) is 12.7. The standard InChI is InChI=1S/C64H96.C7H14O2.CH4/c1-13-17-21-25-29-33-53-57-41-59(47(7)37-45(57)5)54(34-30-26-22-18-14-2)61-43-63(51(11)39-49(61)9)56(36-32-28-24-20-16-4)64-44-62(50(10)40-52(64)12)55(35-31-27-23-19-15-3)60-42-58(53)46(6)38-48(60)8;1-5-6(8)9-7(2,3)4;/h37-44,53-56H,13-36H2,1-12H3;5H2,1-4H3;1H4. The van der Waals surface area contributed by atoms with E-state index >= 15 is 0 Å². The summed E-state index contributed by atoms with van der Waals surface area (Å²) in [4.78, 5) is 10.6. The number of carbonyl (C=O) groups excluding carboxylic acids is 1. The van der Waals surface area contributed by atoms with Crippen molar-refractivity contribution in [2.45, 2.75) is 308 Å². The van der Waals surface area contributed by atoms with Crippen LogP contribution in [0.1, 0.15) is 336 Å². The molecule has 0 heterocycles. The maximum Gasteiger partial charge on any atom is 0.306 e. The number of fused-ring (bicyclic) bond motifs is 8. The Labute approximate surface area is 458 Å². The SMILES string of the molecule is C.CCC(=O)OC(C)(C)C.CCCCCCCC1c2cc(c(C)cc2C)C(CCCCCCC)c2cc(c(C)cc2C)C(CCCCCCC)c2cc(c(C)cc2C)C(CCCCCCC)c2cc1c(C)cc2C. The summed E-state index contributed by atoms with van der Waals surface area (Å²) in [6, 6.07) is 21.5. The summed E-state index contributed by atoms with van der Waals surface area (Å²) in [5.41, 5.74) is 24.3. The van der Waals surface area contributed by atoms with Gasteiger partial charge in [-0.2, -0.15) is 0 Å². The van der Waals surface area contributed by atoms with Crippen LogP contribution in [0.4, 0.5) is 0 Å². The highest BCUT2D eigenvalue weighted by Gasteiger charge is 2.30. The Morgan fingerprint density at radius 2 is 0.527 bits per heavy atom. The van der Waals surface area contributed by atoms with E-state index in [9.17, 15) is 4.79 Å². The van der Waals surface area contributed by atoms with Gasteiger partial charge in [-0.1, -0.05) is 219 Å². The van der Waals surface area contributed by atoms with Crippen LogP contribution in [-0.2, 0) is 9.53 Å². The Morgan fingerprint density at radius 3 is 0.676 bits per heavy atom. The Balaban J connectivity index is 0.00000132. The minimum Gasteiger partial charge on any atom is -0.460 e. The van der Waals surface area contributed by atoms with Crippen LogP contribution in [0.5, 0.6) is 0 Å². The molecular weight excluding hydrogens is 897 g/mol. The molecule has 2 nitrogen and oxygen atoms in total. The van der Waals surface area contributed by atoms with Crippen molar-refractivity contribution in [2.75, 3.05) is 0 Å². The van der Waals surface area contributed by atoms with Crippen molar-refractivity contribution in [3.05, 3.63) is 138 Å². The molecule has 1 aliphatic carbocycles. The summed E-state index contributed by atoms with van der Waals surface area (Å²) < 4.78 is 4.95. The van der Waals surface area contributed by atoms with Gasteiger partial charge in [-0.3, -0.25) is 4.79 Å². The van der Waals surface area contributed by atoms with E-state index in [-0.39, 0.29) is 19.0 Å². The van der Waals surface area contributed by atoms with Crippen molar-refractivity contribution in [2.24, 2.45) is 0 Å². The number of hydrogen-bond donors (Lipinski definition) is 0. The predicted octanol–water partition coefficient (Wildman–Crippen LogP) is 22.8. The van der Waals surface area contributed by atoms with Gasteiger partial charge in [0.05, 0.1) is 0 Å². The van der Waals surface area contributed by atoms with Crippen molar-refractivity contribution >= 4 is 5.97 Å². The van der Waals surface area contributed by atoms with Gasteiger partial charge in [0.25, 0.3) is 0 Å². The molecule has 74 heavy (non-hydrogen) atoms. The molecule has 0 fully saturated rings. The van der Waals surface area contributed by atoms with Gasteiger partial charge in [-0.25, -0.2) is 0 Å². The zero-order valence-electron chi connectivity index (χ0n) is 50.4. The molecule has 0 unspecified atom stereocenters. The molecule has 0 saturated heterocycles. The van der Waals surface area contributed by atoms with Crippen LogP contribution in [0.25, 0.3) is 0 Å². The molecule has 0 saturated carbocycles. The van der Waals surface area contributed by atoms with Gasteiger partial charge >= 0.3 is 5.97 Å². The number of benzene rings is 4. The predicted molar refractivity (Wildman–Crippen MR) is 327 cm³/mol. The minimum atomic E-state index is -0.326. The van der Waals surface area contributed by atoms with Crippen molar-refractivity contribution in [3.8, 4) is 0 Å². The van der Waals surface area contributed by atoms with Gasteiger partial charge in [-0.05, 0) is 191 Å². The summed E-state index contributed by atoms with van der Waals surface area (Å²) in [7, 11) is 0. The van der Waals surface area contributed by atoms with Gasteiger partial charge in [0.1, 0.15) is 5.60 Å². The molecule has 5 rings (SSSR count). The van der Waals surface area contributed by atoms with Crippen molar-refractivity contribution in [1.29, 1.82) is 0 Å². The van der Waals surface area contributed by atoms with Gasteiger partial charge in [0.2, 0.25) is 0 Å². The summed E-state index contributed by atoms with van der Waals surface area (Å²) in [5, 5.41) is 0. The largest absolute Gasteiger partial charge is 0.460 e. The highest BCUT2D eigenvalue weighted by molar-refractivity contribution is 5.69. The molecule has 0 radical (unpaired) electrons. The molecular formula is C72H114O2. The van der Waals surface area contributed by atoms with E-state index in [4.69, 9.17) is 4.74 Å². The smallest absolute Gasteiger partial charge is 0.306 e. The van der Waals surface area contributed by atoms with Crippen molar-refractivity contribution in [3.63, 3.8) is 0 Å². The van der Waals surface area contributed by atoms with Crippen LogP contribution < -0.4 is 0 Å². The van der Waals surface area contributed by atoms with Crippen LogP contribution in [-0.4, -0.2) is 11.6 Å². The third-order valence-electron chi connectivity index (χ3n) is 16.7. The second-order valence-electron chi connectivity index (χ2n) is 24.2. The van der Waals surface area contributed by atoms with Crippen molar-refractivity contribution < 1.29 is 9.53 Å². The molecule has 4 aromatic carbocycles. The zero-order valence-corrected chi connectivity index (χ0v) is 50.4.